The van der Waals surface area contributed by atoms with E-state index in [-0.39, 0.29) is 0 Å². The molecule has 0 spiro atoms. The lowest BCUT2D eigenvalue weighted by molar-refractivity contribution is 0.517. The van der Waals surface area contributed by atoms with Crippen molar-refractivity contribution in [3.8, 4) is 11.4 Å². The maximum atomic E-state index is 5.95. The van der Waals surface area contributed by atoms with Crippen molar-refractivity contribution in [3.63, 3.8) is 0 Å². The zero-order valence-corrected chi connectivity index (χ0v) is 9.85. The van der Waals surface area contributed by atoms with Gasteiger partial charge in [-0.15, -0.1) is 10.2 Å². The number of hydrogen-bond donors (Lipinski definition) is 0. The molecule has 0 aliphatic carbocycles. The van der Waals surface area contributed by atoms with Gasteiger partial charge in [-0.2, -0.15) is 0 Å². The van der Waals surface area contributed by atoms with Crippen molar-refractivity contribution in [2.45, 2.75) is 13.3 Å². The van der Waals surface area contributed by atoms with Crippen LogP contribution in [-0.2, 0) is 6.42 Å². The Hall–Kier alpha value is -1.88. The maximum absolute atomic E-state index is 5.95. The van der Waals surface area contributed by atoms with E-state index in [1.807, 2.05) is 13.0 Å². The molecule has 0 saturated carbocycles. The standard InChI is InChI=1S/C11H9ClN4O/c1-2-8-7(3-6-17-8)10-14-15-11-9(12)13-4-5-16(10)11/h3-6H,2H2,1H3. The number of furan rings is 1. The average molecular weight is 249 g/mol. The van der Waals surface area contributed by atoms with Gasteiger partial charge < -0.3 is 4.42 Å². The molecule has 3 heterocycles. The van der Waals surface area contributed by atoms with Gasteiger partial charge in [0, 0.05) is 18.8 Å². The molecule has 0 bridgehead atoms. The van der Waals surface area contributed by atoms with Crippen LogP contribution < -0.4 is 0 Å². The smallest absolute Gasteiger partial charge is 0.198 e. The Morgan fingerprint density at radius 2 is 2.29 bits per heavy atom. The molecular weight excluding hydrogens is 240 g/mol. The highest BCUT2D eigenvalue weighted by molar-refractivity contribution is 6.32. The zero-order valence-electron chi connectivity index (χ0n) is 9.09. The van der Waals surface area contributed by atoms with Crippen molar-refractivity contribution >= 4 is 17.2 Å². The molecule has 0 aliphatic rings. The van der Waals surface area contributed by atoms with Gasteiger partial charge in [0.05, 0.1) is 11.8 Å². The van der Waals surface area contributed by atoms with Crippen LogP contribution in [0.15, 0.2) is 29.1 Å². The van der Waals surface area contributed by atoms with Gasteiger partial charge in [-0.25, -0.2) is 4.98 Å². The van der Waals surface area contributed by atoms with Crippen molar-refractivity contribution in [1.29, 1.82) is 0 Å². The van der Waals surface area contributed by atoms with Gasteiger partial charge in [0.15, 0.2) is 16.6 Å². The predicted octanol–water partition coefficient (Wildman–Crippen LogP) is 2.60. The van der Waals surface area contributed by atoms with Gasteiger partial charge in [-0.1, -0.05) is 18.5 Å². The summed E-state index contributed by atoms with van der Waals surface area (Å²) in [5, 5.41) is 8.50. The Bertz CT molecular complexity index is 673. The summed E-state index contributed by atoms with van der Waals surface area (Å²) in [5.74, 6) is 1.60. The first-order valence-electron chi connectivity index (χ1n) is 5.23. The molecule has 5 nitrogen and oxygen atoms in total. The van der Waals surface area contributed by atoms with Gasteiger partial charge in [-0.05, 0) is 6.07 Å². The second-order valence-electron chi connectivity index (χ2n) is 3.55. The van der Waals surface area contributed by atoms with E-state index >= 15 is 0 Å². The van der Waals surface area contributed by atoms with Crippen molar-refractivity contribution in [3.05, 3.63) is 35.6 Å². The Balaban J connectivity index is 2.28. The van der Waals surface area contributed by atoms with Crippen LogP contribution in [0.25, 0.3) is 17.0 Å². The largest absolute Gasteiger partial charge is 0.469 e. The number of aryl methyl sites for hydroxylation is 1. The Labute approximate surface area is 102 Å². The number of hydrogen-bond acceptors (Lipinski definition) is 4. The lowest BCUT2D eigenvalue weighted by atomic mass is 10.2. The fraction of sp³-hybridized carbons (Fsp3) is 0.182. The molecule has 0 N–H and O–H groups in total. The van der Waals surface area contributed by atoms with Crippen molar-refractivity contribution < 1.29 is 4.42 Å². The minimum absolute atomic E-state index is 0.341. The monoisotopic (exact) mass is 248 g/mol. The topological polar surface area (TPSA) is 56.2 Å². The molecular formula is C11H9ClN4O. The molecule has 0 aromatic carbocycles. The first-order valence-corrected chi connectivity index (χ1v) is 5.61. The molecule has 0 aliphatic heterocycles. The molecule has 3 aromatic heterocycles. The third-order valence-corrected chi connectivity index (χ3v) is 2.86. The average Bonchev–Trinajstić information content (AvgIpc) is 2.94. The highest BCUT2D eigenvalue weighted by Crippen LogP contribution is 2.25. The molecule has 0 amide bonds. The molecule has 6 heteroatoms. The summed E-state index contributed by atoms with van der Waals surface area (Å²) in [5.41, 5.74) is 1.48. The van der Waals surface area contributed by atoms with Gasteiger partial charge in [-0.3, -0.25) is 4.40 Å². The Kier molecular flexibility index (Phi) is 2.33. The lowest BCUT2D eigenvalue weighted by Gasteiger charge is -1.99. The summed E-state index contributed by atoms with van der Waals surface area (Å²) in [7, 11) is 0. The van der Waals surface area contributed by atoms with Gasteiger partial charge >= 0.3 is 0 Å². The number of halogens is 1. The lowest BCUT2D eigenvalue weighted by Crippen LogP contribution is -1.92. The third kappa shape index (κ3) is 1.51. The predicted molar refractivity (Wildman–Crippen MR) is 62.9 cm³/mol. The van der Waals surface area contributed by atoms with E-state index in [4.69, 9.17) is 16.0 Å². The Morgan fingerprint density at radius 3 is 3.12 bits per heavy atom. The summed E-state index contributed by atoms with van der Waals surface area (Å²) in [6, 6.07) is 1.88. The molecule has 3 rings (SSSR count). The number of rotatable bonds is 2. The van der Waals surface area contributed by atoms with E-state index in [1.165, 1.54) is 0 Å². The van der Waals surface area contributed by atoms with Crippen LogP contribution in [0.4, 0.5) is 0 Å². The van der Waals surface area contributed by atoms with Gasteiger partial charge in [0.2, 0.25) is 0 Å². The second-order valence-corrected chi connectivity index (χ2v) is 3.90. The quantitative estimate of drug-likeness (QED) is 0.700. The van der Waals surface area contributed by atoms with Crippen molar-refractivity contribution in [1.82, 2.24) is 19.6 Å². The first-order chi connectivity index (χ1) is 8.31. The fourth-order valence-corrected chi connectivity index (χ4v) is 1.98. The normalized spacial score (nSPS) is 11.2. The van der Waals surface area contributed by atoms with E-state index in [9.17, 15) is 0 Å². The van der Waals surface area contributed by atoms with Gasteiger partial charge in [0.25, 0.3) is 0 Å². The van der Waals surface area contributed by atoms with Crippen molar-refractivity contribution in [2.75, 3.05) is 0 Å². The van der Waals surface area contributed by atoms with E-state index in [2.05, 4.69) is 15.2 Å². The summed E-state index contributed by atoms with van der Waals surface area (Å²) in [6.45, 7) is 2.03. The molecule has 17 heavy (non-hydrogen) atoms. The van der Waals surface area contributed by atoms with Crippen molar-refractivity contribution in [2.24, 2.45) is 0 Å². The second kappa shape index (κ2) is 3.85. The summed E-state index contributed by atoms with van der Waals surface area (Å²) >= 11 is 5.95. The van der Waals surface area contributed by atoms with Gasteiger partial charge in [0.1, 0.15) is 5.76 Å². The van der Waals surface area contributed by atoms with Crippen LogP contribution in [0, 0.1) is 0 Å². The molecule has 86 valence electrons. The van der Waals surface area contributed by atoms with E-state index < -0.39 is 0 Å². The zero-order chi connectivity index (χ0) is 11.8. The van der Waals surface area contributed by atoms with Crippen LogP contribution in [-0.4, -0.2) is 19.6 Å². The fourth-order valence-electron chi connectivity index (χ4n) is 1.79. The number of aromatic nitrogens is 4. The molecule has 0 unspecified atom stereocenters. The highest BCUT2D eigenvalue weighted by Gasteiger charge is 2.15. The summed E-state index contributed by atoms with van der Waals surface area (Å²) < 4.78 is 7.19. The van der Waals surface area contributed by atoms with Crippen LogP contribution in [0.2, 0.25) is 5.15 Å². The molecule has 3 aromatic rings. The first kappa shape index (κ1) is 10.3. The van der Waals surface area contributed by atoms with Crippen LogP contribution in [0.5, 0.6) is 0 Å². The number of fused-ring (bicyclic) bond motifs is 1. The highest BCUT2D eigenvalue weighted by atomic mass is 35.5. The summed E-state index contributed by atoms with van der Waals surface area (Å²) in [4.78, 5) is 3.96. The van der Waals surface area contributed by atoms with Crippen LogP contribution in [0.3, 0.4) is 0 Å². The number of nitrogens with zero attached hydrogens (tertiary/aromatic N) is 4. The maximum Gasteiger partial charge on any atom is 0.198 e. The SMILES string of the molecule is CCc1occc1-c1nnc2c(Cl)nccn12. The molecule has 0 atom stereocenters. The van der Waals surface area contributed by atoms with E-state index in [0.717, 1.165) is 23.6 Å². The minimum Gasteiger partial charge on any atom is -0.469 e. The van der Waals surface area contributed by atoms with E-state index in [0.29, 0.717) is 10.8 Å². The Morgan fingerprint density at radius 1 is 1.41 bits per heavy atom. The summed E-state index contributed by atoms with van der Waals surface area (Å²) in [6.07, 6.45) is 5.85. The van der Waals surface area contributed by atoms with E-state index in [1.54, 1.807) is 23.1 Å². The van der Waals surface area contributed by atoms with Crippen LogP contribution >= 0.6 is 11.6 Å². The van der Waals surface area contributed by atoms with Crippen LogP contribution in [0.1, 0.15) is 12.7 Å². The molecule has 0 radical (unpaired) electrons. The minimum atomic E-state index is 0.341. The third-order valence-electron chi connectivity index (χ3n) is 2.59. The molecule has 0 saturated heterocycles. The molecule has 0 fully saturated rings.